The molecule has 4 nitrogen and oxygen atoms in total. The van der Waals surface area contributed by atoms with E-state index in [2.05, 4.69) is 11.6 Å². The average Bonchev–Trinajstić information content (AvgIpc) is 2.56. The van der Waals surface area contributed by atoms with Gasteiger partial charge in [0.1, 0.15) is 12.4 Å². The Morgan fingerprint density at radius 3 is 3.08 bits per heavy atom. The minimum Gasteiger partial charge on any atom is -0.442 e. The van der Waals surface area contributed by atoms with Gasteiger partial charge in [-0.1, -0.05) is 12.7 Å². The van der Waals surface area contributed by atoms with E-state index in [1.54, 1.807) is 13.0 Å². The van der Waals surface area contributed by atoms with Crippen LogP contribution in [0.1, 0.15) is 6.92 Å². The van der Waals surface area contributed by atoms with Crippen molar-refractivity contribution in [3.8, 4) is 0 Å². The van der Waals surface area contributed by atoms with Crippen LogP contribution >= 0.6 is 0 Å². The standard InChI is InChI=1S/C8H10N2O2/c1-3-7(2)12-8(11)10-5-4-9-6-10/h3-7H,1H2,2H3. The van der Waals surface area contributed by atoms with Gasteiger partial charge >= 0.3 is 6.09 Å². The highest BCUT2D eigenvalue weighted by molar-refractivity contribution is 5.70. The first-order chi connectivity index (χ1) is 5.74. The molecule has 1 atom stereocenters. The SMILES string of the molecule is C=CC(C)OC(=O)n1ccnc1. The Hall–Kier alpha value is -1.58. The molecular weight excluding hydrogens is 156 g/mol. The van der Waals surface area contributed by atoms with Crippen LogP contribution in [0.2, 0.25) is 0 Å². The molecule has 0 radical (unpaired) electrons. The van der Waals surface area contributed by atoms with Gasteiger partial charge in [-0.05, 0) is 6.92 Å². The van der Waals surface area contributed by atoms with Crippen molar-refractivity contribution in [2.45, 2.75) is 13.0 Å². The molecule has 12 heavy (non-hydrogen) atoms. The molecule has 0 spiro atoms. The highest BCUT2D eigenvalue weighted by Crippen LogP contribution is 1.96. The third kappa shape index (κ3) is 1.95. The average molecular weight is 166 g/mol. The van der Waals surface area contributed by atoms with Crippen molar-refractivity contribution in [2.24, 2.45) is 0 Å². The molecule has 0 saturated carbocycles. The molecular formula is C8H10N2O2. The maximum absolute atomic E-state index is 11.1. The summed E-state index contributed by atoms with van der Waals surface area (Å²) in [5.74, 6) is 0. The van der Waals surface area contributed by atoms with Crippen LogP contribution in [0.3, 0.4) is 0 Å². The van der Waals surface area contributed by atoms with Crippen LogP contribution in [0.25, 0.3) is 0 Å². The normalized spacial score (nSPS) is 12.1. The number of rotatable bonds is 2. The molecule has 0 saturated heterocycles. The molecule has 1 aromatic heterocycles. The molecule has 0 fully saturated rings. The van der Waals surface area contributed by atoms with E-state index in [-0.39, 0.29) is 6.10 Å². The molecule has 1 rings (SSSR count). The van der Waals surface area contributed by atoms with Gasteiger partial charge in [0.25, 0.3) is 0 Å². The van der Waals surface area contributed by atoms with E-state index in [4.69, 9.17) is 4.74 Å². The van der Waals surface area contributed by atoms with Crippen molar-refractivity contribution < 1.29 is 9.53 Å². The number of carbonyl (C=O) groups excluding carboxylic acids is 1. The fourth-order valence-electron chi connectivity index (χ4n) is 0.635. The van der Waals surface area contributed by atoms with E-state index in [1.807, 2.05) is 0 Å². The molecule has 4 heteroatoms. The Bertz CT molecular complexity index is 267. The highest BCUT2D eigenvalue weighted by Gasteiger charge is 2.06. The fourth-order valence-corrected chi connectivity index (χ4v) is 0.635. The number of carbonyl (C=O) groups is 1. The molecule has 0 amide bonds. The number of aromatic nitrogens is 2. The number of hydrogen-bond donors (Lipinski definition) is 0. The molecule has 0 aliphatic rings. The number of imidazole rings is 1. The summed E-state index contributed by atoms with van der Waals surface area (Å²) in [7, 11) is 0. The predicted octanol–water partition coefficient (Wildman–Crippen LogP) is 1.44. The first kappa shape index (κ1) is 8.52. The van der Waals surface area contributed by atoms with Gasteiger partial charge in [0.2, 0.25) is 0 Å². The first-order valence-electron chi connectivity index (χ1n) is 3.55. The van der Waals surface area contributed by atoms with Crippen LogP contribution in [-0.4, -0.2) is 21.7 Å². The van der Waals surface area contributed by atoms with Gasteiger partial charge in [-0.15, -0.1) is 0 Å². The van der Waals surface area contributed by atoms with Crippen molar-refractivity contribution in [3.05, 3.63) is 31.4 Å². The maximum Gasteiger partial charge on any atom is 0.419 e. The van der Waals surface area contributed by atoms with E-state index >= 15 is 0 Å². The molecule has 0 aliphatic carbocycles. The van der Waals surface area contributed by atoms with Gasteiger partial charge in [-0.2, -0.15) is 0 Å². The molecule has 0 N–H and O–H groups in total. The zero-order valence-corrected chi connectivity index (χ0v) is 6.80. The van der Waals surface area contributed by atoms with Gasteiger partial charge in [0.05, 0.1) is 0 Å². The zero-order valence-electron chi connectivity index (χ0n) is 6.80. The predicted molar refractivity (Wildman–Crippen MR) is 43.8 cm³/mol. The molecule has 1 heterocycles. The number of nitrogens with zero attached hydrogens (tertiary/aromatic N) is 2. The van der Waals surface area contributed by atoms with Crippen LogP contribution in [0.15, 0.2) is 31.4 Å². The van der Waals surface area contributed by atoms with Crippen LogP contribution in [-0.2, 0) is 4.74 Å². The Labute approximate surface area is 70.5 Å². The minimum absolute atomic E-state index is 0.278. The molecule has 0 bridgehead atoms. The van der Waals surface area contributed by atoms with Crippen LogP contribution in [0, 0.1) is 0 Å². The summed E-state index contributed by atoms with van der Waals surface area (Å²) < 4.78 is 6.17. The maximum atomic E-state index is 11.1. The van der Waals surface area contributed by atoms with Crippen LogP contribution in [0.5, 0.6) is 0 Å². The Kier molecular flexibility index (Phi) is 2.63. The van der Waals surface area contributed by atoms with Gasteiger partial charge in [0.15, 0.2) is 0 Å². The van der Waals surface area contributed by atoms with Gasteiger partial charge in [-0.3, -0.25) is 0 Å². The Morgan fingerprint density at radius 2 is 2.58 bits per heavy atom. The number of ether oxygens (including phenoxy) is 1. The summed E-state index contributed by atoms with van der Waals surface area (Å²) in [5.41, 5.74) is 0. The largest absolute Gasteiger partial charge is 0.442 e. The first-order valence-corrected chi connectivity index (χ1v) is 3.55. The second-order valence-electron chi connectivity index (χ2n) is 2.29. The van der Waals surface area contributed by atoms with Gasteiger partial charge in [-0.25, -0.2) is 14.3 Å². The lowest BCUT2D eigenvalue weighted by Gasteiger charge is -2.07. The van der Waals surface area contributed by atoms with Crippen molar-refractivity contribution in [1.82, 2.24) is 9.55 Å². The summed E-state index contributed by atoms with van der Waals surface area (Å²) in [6.45, 7) is 5.23. The highest BCUT2D eigenvalue weighted by atomic mass is 16.6. The van der Waals surface area contributed by atoms with E-state index < -0.39 is 6.09 Å². The molecule has 64 valence electrons. The Balaban J connectivity index is 2.55. The topological polar surface area (TPSA) is 44.1 Å². The van der Waals surface area contributed by atoms with Crippen molar-refractivity contribution >= 4 is 6.09 Å². The van der Waals surface area contributed by atoms with Gasteiger partial charge < -0.3 is 4.74 Å². The second-order valence-corrected chi connectivity index (χ2v) is 2.29. The number of hydrogen-bond acceptors (Lipinski definition) is 3. The van der Waals surface area contributed by atoms with Gasteiger partial charge in [0, 0.05) is 12.4 Å². The fraction of sp³-hybridized carbons (Fsp3) is 0.250. The summed E-state index contributed by atoms with van der Waals surface area (Å²) >= 11 is 0. The Morgan fingerprint density at radius 1 is 1.83 bits per heavy atom. The smallest absolute Gasteiger partial charge is 0.419 e. The van der Waals surface area contributed by atoms with E-state index in [0.717, 1.165) is 0 Å². The van der Waals surface area contributed by atoms with Crippen molar-refractivity contribution in [3.63, 3.8) is 0 Å². The lowest BCUT2D eigenvalue weighted by molar-refractivity contribution is 0.128. The quantitative estimate of drug-likeness (QED) is 0.624. The zero-order chi connectivity index (χ0) is 8.97. The van der Waals surface area contributed by atoms with Crippen molar-refractivity contribution in [1.29, 1.82) is 0 Å². The summed E-state index contributed by atoms with van der Waals surface area (Å²) in [6.07, 6.45) is 5.25. The monoisotopic (exact) mass is 166 g/mol. The lowest BCUT2D eigenvalue weighted by atomic mass is 10.4. The third-order valence-corrected chi connectivity index (χ3v) is 1.33. The molecule has 1 unspecified atom stereocenters. The minimum atomic E-state index is -0.445. The van der Waals surface area contributed by atoms with E-state index in [1.165, 1.54) is 23.3 Å². The lowest BCUT2D eigenvalue weighted by Crippen LogP contribution is -2.17. The van der Waals surface area contributed by atoms with Crippen molar-refractivity contribution in [2.75, 3.05) is 0 Å². The van der Waals surface area contributed by atoms with Crippen LogP contribution < -0.4 is 0 Å². The third-order valence-electron chi connectivity index (χ3n) is 1.33. The second kappa shape index (κ2) is 3.71. The molecule has 0 aromatic carbocycles. The summed E-state index contributed by atoms with van der Waals surface area (Å²) in [4.78, 5) is 14.8. The van der Waals surface area contributed by atoms with E-state index in [0.29, 0.717) is 0 Å². The summed E-state index contributed by atoms with van der Waals surface area (Å²) in [5, 5.41) is 0. The summed E-state index contributed by atoms with van der Waals surface area (Å²) in [6, 6.07) is 0. The molecule has 0 aliphatic heterocycles. The van der Waals surface area contributed by atoms with E-state index in [9.17, 15) is 4.79 Å². The molecule has 1 aromatic rings. The van der Waals surface area contributed by atoms with Crippen LogP contribution in [0.4, 0.5) is 4.79 Å².